The minimum absolute atomic E-state index is 0.206. The monoisotopic (exact) mass is 288 g/mol. The number of rotatable bonds is 2. The summed E-state index contributed by atoms with van der Waals surface area (Å²) in [4.78, 5) is 36.2. The van der Waals surface area contributed by atoms with Crippen molar-refractivity contribution in [2.75, 3.05) is 7.11 Å². The molecule has 2 rings (SSSR count). The first kappa shape index (κ1) is 14.4. The highest BCUT2D eigenvalue weighted by Crippen LogP contribution is 2.38. The molecule has 0 amide bonds. The number of hydrogen-bond acceptors (Lipinski definition) is 6. The van der Waals surface area contributed by atoms with Crippen LogP contribution in [-0.4, -0.2) is 39.7 Å². The first-order valence-corrected chi connectivity index (χ1v) is 5.75. The SMILES string of the molecule is COC(=O)[C@@]1(F)O[C@@H](n2cc(C)c(=O)[nH]c2=O)C[C@H]1O. The smallest absolute Gasteiger partial charge is 0.374 e. The van der Waals surface area contributed by atoms with Crippen LogP contribution in [0.5, 0.6) is 0 Å². The molecule has 1 aromatic heterocycles. The molecule has 0 radical (unpaired) electrons. The highest BCUT2D eigenvalue weighted by Gasteiger charge is 2.56. The topological polar surface area (TPSA) is 111 Å². The zero-order valence-corrected chi connectivity index (χ0v) is 10.8. The normalized spacial score (nSPS) is 29.4. The van der Waals surface area contributed by atoms with Crippen molar-refractivity contribution in [3.63, 3.8) is 0 Å². The Balaban J connectivity index is 2.39. The number of methoxy groups -OCH3 is 1. The van der Waals surface area contributed by atoms with Gasteiger partial charge in [-0.2, -0.15) is 4.39 Å². The number of ether oxygens (including phenoxy) is 2. The molecule has 2 N–H and O–H groups in total. The molecule has 0 aliphatic carbocycles. The lowest BCUT2D eigenvalue weighted by Gasteiger charge is -2.20. The van der Waals surface area contributed by atoms with Crippen molar-refractivity contribution in [2.24, 2.45) is 0 Å². The molecule has 1 aromatic rings. The number of aliphatic hydroxyl groups is 1. The number of carbonyl (C=O) groups is 1. The third kappa shape index (κ3) is 2.14. The van der Waals surface area contributed by atoms with Gasteiger partial charge in [-0.15, -0.1) is 0 Å². The quantitative estimate of drug-likeness (QED) is 0.673. The number of carbonyl (C=O) groups excluding carboxylic acids is 1. The van der Waals surface area contributed by atoms with Gasteiger partial charge in [-0.05, 0) is 6.92 Å². The Morgan fingerprint density at radius 1 is 1.65 bits per heavy atom. The van der Waals surface area contributed by atoms with Crippen molar-refractivity contribution < 1.29 is 23.8 Å². The van der Waals surface area contributed by atoms with Crippen LogP contribution in [-0.2, 0) is 14.3 Å². The molecule has 2 heterocycles. The number of halogens is 1. The summed E-state index contributed by atoms with van der Waals surface area (Å²) in [6, 6.07) is 0. The van der Waals surface area contributed by atoms with E-state index in [9.17, 15) is 23.9 Å². The predicted octanol–water partition coefficient (Wildman–Crippen LogP) is -1.04. The number of nitrogens with zero attached hydrogens (tertiary/aromatic N) is 1. The van der Waals surface area contributed by atoms with E-state index in [1.807, 2.05) is 4.98 Å². The number of alkyl halides is 1. The van der Waals surface area contributed by atoms with E-state index < -0.39 is 35.4 Å². The Labute approximate surface area is 111 Å². The molecular weight excluding hydrogens is 275 g/mol. The van der Waals surface area contributed by atoms with Gasteiger partial charge in [-0.1, -0.05) is 0 Å². The molecule has 3 atom stereocenters. The van der Waals surface area contributed by atoms with Gasteiger partial charge in [0.05, 0.1) is 7.11 Å². The van der Waals surface area contributed by atoms with E-state index >= 15 is 0 Å². The second kappa shape index (κ2) is 4.84. The van der Waals surface area contributed by atoms with Gasteiger partial charge in [0.25, 0.3) is 5.56 Å². The van der Waals surface area contributed by atoms with E-state index in [0.717, 1.165) is 11.7 Å². The molecule has 9 heteroatoms. The summed E-state index contributed by atoms with van der Waals surface area (Å²) in [6.45, 7) is 1.45. The Kier molecular flexibility index (Phi) is 3.48. The maximum atomic E-state index is 14.2. The maximum absolute atomic E-state index is 14.2. The molecule has 1 saturated heterocycles. The Morgan fingerprint density at radius 3 is 2.90 bits per heavy atom. The lowest BCUT2D eigenvalue weighted by atomic mass is 10.1. The highest BCUT2D eigenvalue weighted by molar-refractivity contribution is 5.78. The maximum Gasteiger partial charge on any atom is 0.374 e. The minimum atomic E-state index is -3.04. The molecule has 1 aliphatic heterocycles. The van der Waals surface area contributed by atoms with E-state index in [2.05, 4.69) is 4.74 Å². The van der Waals surface area contributed by atoms with Gasteiger partial charge >= 0.3 is 17.5 Å². The van der Waals surface area contributed by atoms with E-state index in [4.69, 9.17) is 4.74 Å². The molecule has 8 nitrogen and oxygen atoms in total. The fourth-order valence-electron chi connectivity index (χ4n) is 1.96. The second-order valence-electron chi connectivity index (χ2n) is 4.44. The lowest BCUT2D eigenvalue weighted by molar-refractivity contribution is -0.216. The highest BCUT2D eigenvalue weighted by atomic mass is 19.2. The van der Waals surface area contributed by atoms with Gasteiger partial charge in [0, 0.05) is 18.2 Å². The van der Waals surface area contributed by atoms with E-state index in [1.165, 1.54) is 13.1 Å². The van der Waals surface area contributed by atoms with Gasteiger partial charge < -0.3 is 14.6 Å². The van der Waals surface area contributed by atoms with Crippen molar-refractivity contribution >= 4 is 5.97 Å². The zero-order valence-electron chi connectivity index (χ0n) is 10.8. The van der Waals surface area contributed by atoms with Gasteiger partial charge in [-0.25, -0.2) is 9.59 Å². The Bertz CT molecular complexity index is 653. The molecule has 0 spiro atoms. The fraction of sp³-hybridized carbons (Fsp3) is 0.545. The minimum Gasteiger partial charge on any atom is -0.465 e. The van der Waals surface area contributed by atoms with E-state index in [1.54, 1.807) is 0 Å². The number of aromatic nitrogens is 2. The van der Waals surface area contributed by atoms with Gasteiger partial charge in [0.15, 0.2) is 0 Å². The number of aliphatic hydroxyl groups excluding tert-OH is 1. The number of hydrogen-bond donors (Lipinski definition) is 2. The van der Waals surface area contributed by atoms with Crippen LogP contribution in [0.1, 0.15) is 18.2 Å². The second-order valence-corrected chi connectivity index (χ2v) is 4.44. The molecule has 20 heavy (non-hydrogen) atoms. The largest absolute Gasteiger partial charge is 0.465 e. The molecule has 0 bridgehead atoms. The van der Waals surface area contributed by atoms with Crippen LogP contribution in [0.3, 0.4) is 0 Å². The summed E-state index contributed by atoms with van der Waals surface area (Å²) in [7, 11) is 0.948. The number of H-pyrrole nitrogens is 1. The zero-order chi connectivity index (χ0) is 15.1. The molecule has 1 aliphatic rings. The summed E-state index contributed by atoms with van der Waals surface area (Å²) in [5.74, 6) is -4.43. The van der Waals surface area contributed by atoms with Crippen LogP contribution < -0.4 is 11.2 Å². The first-order valence-electron chi connectivity index (χ1n) is 5.75. The average Bonchev–Trinajstić information content (AvgIpc) is 2.70. The fourth-order valence-corrected chi connectivity index (χ4v) is 1.96. The van der Waals surface area contributed by atoms with Crippen molar-refractivity contribution in [2.45, 2.75) is 31.5 Å². The predicted molar refractivity (Wildman–Crippen MR) is 62.7 cm³/mol. The van der Waals surface area contributed by atoms with Crippen LogP contribution in [0.25, 0.3) is 0 Å². The third-order valence-electron chi connectivity index (χ3n) is 3.08. The van der Waals surface area contributed by atoms with Gasteiger partial charge in [0.2, 0.25) is 0 Å². The van der Waals surface area contributed by atoms with Crippen molar-refractivity contribution in [1.29, 1.82) is 0 Å². The Hall–Kier alpha value is -2.00. The number of aromatic amines is 1. The first-order chi connectivity index (χ1) is 9.29. The van der Waals surface area contributed by atoms with Crippen molar-refractivity contribution in [1.82, 2.24) is 9.55 Å². The van der Waals surface area contributed by atoms with Crippen LogP contribution in [0.4, 0.5) is 4.39 Å². The standard InChI is InChI=1S/C11H13FN2O6/c1-5-4-14(10(18)13-8(5)16)7-3-6(15)11(12,20-7)9(17)19-2/h4,6-7,15H,3H2,1-2H3,(H,13,16,18)/t6-,7-,11+/m1/s1. The van der Waals surface area contributed by atoms with Crippen molar-refractivity contribution in [3.8, 4) is 0 Å². The molecule has 0 aromatic carbocycles. The Morgan fingerprint density at radius 2 is 2.30 bits per heavy atom. The third-order valence-corrected chi connectivity index (χ3v) is 3.08. The van der Waals surface area contributed by atoms with E-state index in [0.29, 0.717) is 0 Å². The number of esters is 1. The summed E-state index contributed by atoms with van der Waals surface area (Å²) in [5, 5.41) is 9.61. The van der Waals surface area contributed by atoms with E-state index in [-0.39, 0.29) is 12.0 Å². The lowest BCUT2D eigenvalue weighted by Crippen LogP contribution is -2.44. The van der Waals surface area contributed by atoms with Crippen LogP contribution in [0, 0.1) is 6.92 Å². The van der Waals surface area contributed by atoms with Gasteiger partial charge in [0.1, 0.15) is 12.3 Å². The average molecular weight is 288 g/mol. The molecule has 110 valence electrons. The summed E-state index contributed by atoms with van der Waals surface area (Å²) in [6.07, 6.45) is -2.17. The number of nitrogens with one attached hydrogen (secondary N) is 1. The summed E-state index contributed by atoms with van der Waals surface area (Å²) in [5.41, 5.74) is -1.20. The van der Waals surface area contributed by atoms with Crippen molar-refractivity contribution in [3.05, 3.63) is 32.6 Å². The van der Waals surface area contributed by atoms with Crippen LogP contribution in [0.15, 0.2) is 15.8 Å². The molecule has 1 fully saturated rings. The van der Waals surface area contributed by atoms with Crippen LogP contribution >= 0.6 is 0 Å². The molecule has 0 saturated carbocycles. The molecule has 0 unspecified atom stereocenters. The summed E-state index contributed by atoms with van der Waals surface area (Å²) < 4.78 is 24.2. The number of aryl methyl sites for hydroxylation is 1. The summed E-state index contributed by atoms with van der Waals surface area (Å²) >= 11 is 0. The van der Waals surface area contributed by atoms with Gasteiger partial charge in [-0.3, -0.25) is 14.3 Å². The molecular formula is C11H13FN2O6. The van der Waals surface area contributed by atoms with Crippen LogP contribution in [0.2, 0.25) is 0 Å².